The van der Waals surface area contributed by atoms with Gasteiger partial charge in [-0.05, 0) is 54.9 Å². The molecule has 0 spiro atoms. The molecule has 0 bridgehead atoms. The topological polar surface area (TPSA) is 72.1 Å². The molecule has 0 fully saturated rings. The average molecular weight is 450 g/mol. The fourth-order valence-electron chi connectivity index (χ4n) is 3.29. The highest BCUT2D eigenvalue weighted by Gasteiger charge is 2.35. The molecule has 31 heavy (non-hydrogen) atoms. The Morgan fingerprint density at radius 2 is 1.81 bits per heavy atom. The SMILES string of the molecule is CCN(CC)c1ccc(C=C2C(=N)N3N=C(SCc4ccccc4)SC3=NC2=O)cc1. The van der Waals surface area contributed by atoms with E-state index in [9.17, 15) is 4.79 Å². The van der Waals surface area contributed by atoms with Gasteiger partial charge in [0.1, 0.15) is 0 Å². The molecule has 1 amide bonds. The smallest absolute Gasteiger partial charge is 0.283 e. The van der Waals surface area contributed by atoms with E-state index in [-0.39, 0.29) is 11.4 Å². The first-order valence-electron chi connectivity index (χ1n) is 10.1. The number of benzene rings is 2. The number of hydrazone groups is 1. The van der Waals surface area contributed by atoms with Crippen LogP contribution in [-0.4, -0.2) is 39.4 Å². The lowest BCUT2D eigenvalue weighted by atomic mass is 10.1. The maximum Gasteiger partial charge on any atom is 0.283 e. The molecule has 2 aliphatic rings. The predicted molar refractivity (Wildman–Crippen MR) is 133 cm³/mol. The molecule has 8 heteroatoms. The van der Waals surface area contributed by atoms with Crippen LogP contribution in [0.4, 0.5) is 5.69 Å². The summed E-state index contributed by atoms with van der Waals surface area (Å²) in [7, 11) is 0. The molecule has 2 aliphatic heterocycles. The highest BCUT2D eigenvalue weighted by atomic mass is 32.2. The van der Waals surface area contributed by atoms with Gasteiger partial charge in [-0.1, -0.05) is 54.2 Å². The van der Waals surface area contributed by atoms with Crippen molar-refractivity contribution in [1.82, 2.24) is 5.01 Å². The van der Waals surface area contributed by atoms with Gasteiger partial charge in [0.05, 0.1) is 5.57 Å². The Labute approximate surface area is 190 Å². The molecule has 4 rings (SSSR count). The zero-order chi connectivity index (χ0) is 21.8. The second-order valence-electron chi connectivity index (χ2n) is 6.92. The number of nitrogens with zero attached hydrogens (tertiary/aromatic N) is 4. The van der Waals surface area contributed by atoms with Crippen LogP contribution < -0.4 is 4.90 Å². The van der Waals surface area contributed by atoms with E-state index in [0.717, 1.165) is 34.5 Å². The fourth-order valence-corrected chi connectivity index (χ4v) is 5.17. The molecule has 0 radical (unpaired) electrons. The predicted octanol–water partition coefficient (Wildman–Crippen LogP) is 5.04. The van der Waals surface area contributed by atoms with E-state index in [1.165, 1.54) is 22.3 Å². The van der Waals surface area contributed by atoms with Gasteiger partial charge in [0.2, 0.25) is 5.17 Å². The molecule has 0 saturated carbocycles. The van der Waals surface area contributed by atoms with E-state index in [4.69, 9.17) is 5.41 Å². The van der Waals surface area contributed by atoms with Gasteiger partial charge in [-0.3, -0.25) is 10.2 Å². The third-order valence-corrected chi connectivity index (χ3v) is 7.09. The van der Waals surface area contributed by atoms with Crippen molar-refractivity contribution >= 4 is 56.6 Å². The van der Waals surface area contributed by atoms with Crippen LogP contribution in [0.15, 0.2) is 70.3 Å². The molecule has 158 valence electrons. The number of nitrogens with one attached hydrogen (secondary N) is 1. The number of anilines is 1. The number of amidine groups is 2. The summed E-state index contributed by atoms with van der Waals surface area (Å²) in [6.07, 6.45) is 1.71. The van der Waals surface area contributed by atoms with Gasteiger partial charge in [-0.2, -0.15) is 10.0 Å². The van der Waals surface area contributed by atoms with Crippen LogP contribution in [0, 0.1) is 5.41 Å². The van der Waals surface area contributed by atoms with E-state index in [0.29, 0.717) is 5.17 Å². The van der Waals surface area contributed by atoms with Crippen molar-refractivity contribution in [3.63, 3.8) is 0 Å². The van der Waals surface area contributed by atoms with Crippen LogP contribution >= 0.6 is 23.5 Å². The molecule has 0 unspecified atom stereocenters. The van der Waals surface area contributed by atoms with Gasteiger partial charge >= 0.3 is 0 Å². The zero-order valence-corrected chi connectivity index (χ0v) is 19.0. The molecule has 2 heterocycles. The fraction of sp³-hybridized carbons (Fsp3) is 0.217. The third-order valence-electron chi connectivity index (χ3n) is 4.97. The Morgan fingerprint density at radius 3 is 2.48 bits per heavy atom. The highest BCUT2D eigenvalue weighted by Crippen LogP contribution is 2.33. The Balaban J connectivity index is 1.50. The third kappa shape index (κ3) is 4.75. The van der Waals surface area contributed by atoms with Gasteiger partial charge in [0.25, 0.3) is 5.91 Å². The van der Waals surface area contributed by atoms with Crippen molar-refractivity contribution in [3.05, 3.63) is 71.3 Å². The van der Waals surface area contributed by atoms with Crippen molar-refractivity contribution in [2.24, 2.45) is 10.1 Å². The van der Waals surface area contributed by atoms with Crippen molar-refractivity contribution in [1.29, 1.82) is 5.41 Å². The zero-order valence-electron chi connectivity index (χ0n) is 17.4. The second-order valence-corrected chi connectivity index (χ2v) is 9.10. The summed E-state index contributed by atoms with van der Waals surface area (Å²) < 4.78 is 0.782. The van der Waals surface area contributed by atoms with Crippen LogP contribution in [0.25, 0.3) is 6.08 Å². The molecule has 1 N–H and O–H groups in total. The van der Waals surface area contributed by atoms with Gasteiger partial charge in [-0.25, -0.2) is 0 Å². The van der Waals surface area contributed by atoms with Crippen LogP contribution in [0.1, 0.15) is 25.0 Å². The summed E-state index contributed by atoms with van der Waals surface area (Å²) in [5.41, 5.74) is 3.44. The number of hydrogen-bond acceptors (Lipinski definition) is 6. The molecule has 0 atom stereocenters. The maximum absolute atomic E-state index is 12.6. The Bertz CT molecular complexity index is 1070. The molecule has 6 nitrogen and oxygen atoms in total. The molecule has 0 aromatic heterocycles. The van der Waals surface area contributed by atoms with E-state index in [1.807, 2.05) is 42.5 Å². The minimum Gasteiger partial charge on any atom is -0.372 e. The van der Waals surface area contributed by atoms with E-state index in [2.05, 4.69) is 41.0 Å². The summed E-state index contributed by atoms with van der Waals surface area (Å²) >= 11 is 2.91. The summed E-state index contributed by atoms with van der Waals surface area (Å²) in [6, 6.07) is 18.1. The minimum absolute atomic E-state index is 0.0608. The normalized spacial score (nSPS) is 17.0. The number of carbonyl (C=O) groups is 1. The highest BCUT2D eigenvalue weighted by molar-refractivity contribution is 8.45. The summed E-state index contributed by atoms with van der Waals surface area (Å²) in [4.78, 5) is 19.0. The summed E-state index contributed by atoms with van der Waals surface area (Å²) in [5.74, 6) is 0.433. The second kappa shape index (κ2) is 9.53. The standard InChI is InChI=1S/C23H23N5OS2/c1-3-27(4-2)18-12-10-16(11-13-18)14-19-20(24)28-22(25-21(19)29)31-23(26-28)30-15-17-8-6-5-7-9-17/h5-14,24H,3-4,15H2,1-2H3. The van der Waals surface area contributed by atoms with E-state index >= 15 is 0 Å². The molecule has 2 aromatic carbocycles. The van der Waals surface area contributed by atoms with Gasteiger partial charge in [0.15, 0.2) is 10.2 Å². The van der Waals surface area contributed by atoms with Crippen LogP contribution in [0.5, 0.6) is 0 Å². The number of aliphatic imine (C=N–C) groups is 1. The summed E-state index contributed by atoms with van der Waals surface area (Å²) in [6.45, 7) is 6.12. The van der Waals surface area contributed by atoms with Gasteiger partial charge in [0, 0.05) is 24.5 Å². The van der Waals surface area contributed by atoms with Crippen molar-refractivity contribution in [2.45, 2.75) is 19.6 Å². The summed E-state index contributed by atoms with van der Waals surface area (Å²) in [5, 5.41) is 14.9. The van der Waals surface area contributed by atoms with Gasteiger partial charge < -0.3 is 4.90 Å². The van der Waals surface area contributed by atoms with E-state index < -0.39 is 5.91 Å². The van der Waals surface area contributed by atoms with Crippen molar-refractivity contribution in [2.75, 3.05) is 18.0 Å². The number of amides is 1. The number of carbonyl (C=O) groups excluding carboxylic acids is 1. The number of rotatable bonds is 6. The Morgan fingerprint density at radius 1 is 1.10 bits per heavy atom. The lowest BCUT2D eigenvalue weighted by Crippen LogP contribution is -2.35. The number of fused-ring (bicyclic) bond motifs is 1. The lowest BCUT2D eigenvalue weighted by Gasteiger charge is -2.21. The minimum atomic E-state index is -0.402. The average Bonchev–Trinajstić information content (AvgIpc) is 3.21. The monoisotopic (exact) mass is 449 g/mol. The Kier molecular flexibility index (Phi) is 6.58. The van der Waals surface area contributed by atoms with Crippen LogP contribution in [0.2, 0.25) is 0 Å². The Hall–Kier alpha value is -2.84. The van der Waals surface area contributed by atoms with Crippen molar-refractivity contribution in [3.8, 4) is 0 Å². The maximum atomic E-state index is 12.6. The van der Waals surface area contributed by atoms with Crippen LogP contribution in [-0.2, 0) is 10.5 Å². The first kappa shape index (κ1) is 21.4. The molecule has 0 saturated heterocycles. The van der Waals surface area contributed by atoms with Crippen molar-refractivity contribution < 1.29 is 4.79 Å². The lowest BCUT2D eigenvalue weighted by molar-refractivity contribution is -0.114. The number of thioether (sulfide) groups is 2. The first-order chi connectivity index (χ1) is 15.1. The quantitative estimate of drug-likeness (QED) is 0.626. The van der Waals surface area contributed by atoms with E-state index in [1.54, 1.807) is 17.8 Å². The molecule has 2 aromatic rings. The number of hydrogen-bond donors (Lipinski definition) is 1. The van der Waals surface area contributed by atoms with Crippen LogP contribution in [0.3, 0.4) is 0 Å². The largest absolute Gasteiger partial charge is 0.372 e. The molecule has 0 aliphatic carbocycles. The first-order valence-corrected chi connectivity index (χ1v) is 11.9. The molecular weight excluding hydrogens is 426 g/mol. The van der Waals surface area contributed by atoms with Gasteiger partial charge in [-0.15, -0.1) is 5.10 Å². The molecular formula is C23H23N5OS2.